The second-order valence-corrected chi connectivity index (χ2v) is 7.73. The Kier molecular flexibility index (Phi) is 3.56. The zero-order chi connectivity index (χ0) is 15.1. The van der Waals surface area contributed by atoms with Crippen LogP contribution < -0.4 is 5.32 Å². The van der Waals surface area contributed by atoms with Gasteiger partial charge in [0.1, 0.15) is 0 Å². The lowest BCUT2D eigenvalue weighted by Gasteiger charge is -2.23. The fourth-order valence-corrected chi connectivity index (χ4v) is 3.55. The number of amides is 1. The molecular formula is C18H26N2O. The standard InChI is InChI=1S/C18H26N2O/c1-17(2,3)15-6-4-14(5-7-15)16(21)20-11-9-18(13-20)8-10-19-12-18/h4-7,19H,8-13H2,1-3H3. The van der Waals surface area contributed by atoms with Crippen LogP contribution in [0.2, 0.25) is 0 Å². The lowest BCUT2D eigenvalue weighted by molar-refractivity contribution is 0.0775. The van der Waals surface area contributed by atoms with Crippen LogP contribution in [0.4, 0.5) is 0 Å². The summed E-state index contributed by atoms with van der Waals surface area (Å²) in [5.74, 6) is 0.194. The van der Waals surface area contributed by atoms with Gasteiger partial charge in [0.25, 0.3) is 5.91 Å². The maximum atomic E-state index is 12.7. The van der Waals surface area contributed by atoms with Crippen molar-refractivity contribution in [1.82, 2.24) is 10.2 Å². The van der Waals surface area contributed by atoms with Crippen molar-refractivity contribution in [2.24, 2.45) is 5.41 Å². The monoisotopic (exact) mass is 286 g/mol. The summed E-state index contributed by atoms with van der Waals surface area (Å²) in [6.45, 7) is 10.6. The number of hydrogen-bond donors (Lipinski definition) is 1. The fraction of sp³-hybridized carbons (Fsp3) is 0.611. The van der Waals surface area contributed by atoms with Gasteiger partial charge in [0.2, 0.25) is 0 Å². The third kappa shape index (κ3) is 2.84. The Bertz CT molecular complexity index is 521. The highest BCUT2D eigenvalue weighted by atomic mass is 16.2. The van der Waals surface area contributed by atoms with Gasteiger partial charge < -0.3 is 10.2 Å². The van der Waals surface area contributed by atoms with E-state index in [1.54, 1.807) is 0 Å². The van der Waals surface area contributed by atoms with Crippen molar-refractivity contribution in [3.05, 3.63) is 35.4 Å². The van der Waals surface area contributed by atoms with Gasteiger partial charge >= 0.3 is 0 Å². The molecule has 1 N–H and O–H groups in total. The Labute approximate surface area is 127 Å². The van der Waals surface area contributed by atoms with Crippen LogP contribution in [0, 0.1) is 5.41 Å². The van der Waals surface area contributed by atoms with E-state index in [4.69, 9.17) is 0 Å². The summed E-state index contributed by atoms with van der Waals surface area (Å²) in [4.78, 5) is 14.7. The summed E-state index contributed by atoms with van der Waals surface area (Å²) in [7, 11) is 0. The Morgan fingerprint density at radius 2 is 1.90 bits per heavy atom. The molecule has 2 saturated heterocycles. The van der Waals surface area contributed by atoms with E-state index in [2.05, 4.69) is 38.2 Å². The average Bonchev–Trinajstić information content (AvgIpc) is 3.08. The van der Waals surface area contributed by atoms with Crippen LogP contribution in [0.1, 0.15) is 49.5 Å². The molecule has 0 saturated carbocycles. The normalized spacial score (nSPS) is 25.8. The molecule has 1 atom stereocenters. The van der Waals surface area contributed by atoms with Gasteiger partial charge in [0, 0.05) is 30.6 Å². The lowest BCUT2D eigenvalue weighted by Crippen LogP contribution is -2.33. The minimum absolute atomic E-state index is 0.134. The number of nitrogens with one attached hydrogen (secondary N) is 1. The molecule has 0 radical (unpaired) electrons. The minimum atomic E-state index is 0.134. The van der Waals surface area contributed by atoms with E-state index >= 15 is 0 Å². The summed E-state index contributed by atoms with van der Waals surface area (Å²) in [6.07, 6.45) is 2.35. The molecule has 114 valence electrons. The van der Waals surface area contributed by atoms with Crippen LogP contribution in [-0.2, 0) is 5.41 Å². The predicted octanol–water partition coefficient (Wildman–Crippen LogP) is 2.81. The highest BCUT2D eigenvalue weighted by Gasteiger charge is 2.41. The molecule has 2 fully saturated rings. The second-order valence-electron chi connectivity index (χ2n) is 7.73. The van der Waals surface area contributed by atoms with Crippen molar-refractivity contribution in [1.29, 1.82) is 0 Å². The van der Waals surface area contributed by atoms with Crippen molar-refractivity contribution in [2.45, 2.75) is 39.0 Å². The second kappa shape index (κ2) is 5.13. The molecule has 1 aromatic rings. The third-order valence-corrected chi connectivity index (χ3v) is 5.06. The Morgan fingerprint density at radius 1 is 1.19 bits per heavy atom. The molecular weight excluding hydrogens is 260 g/mol. The van der Waals surface area contributed by atoms with E-state index in [-0.39, 0.29) is 11.3 Å². The fourth-order valence-electron chi connectivity index (χ4n) is 3.55. The van der Waals surface area contributed by atoms with Gasteiger partial charge in [0.05, 0.1) is 0 Å². The van der Waals surface area contributed by atoms with E-state index in [0.29, 0.717) is 5.41 Å². The number of carbonyl (C=O) groups is 1. The summed E-state index contributed by atoms with van der Waals surface area (Å²) in [5.41, 5.74) is 2.58. The molecule has 1 aromatic carbocycles. The molecule has 2 heterocycles. The molecule has 0 aromatic heterocycles. The van der Waals surface area contributed by atoms with Crippen LogP contribution in [0.5, 0.6) is 0 Å². The van der Waals surface area contributed by atoms with Crippen molar-refractivity contribution < 1.29 is 4.79 Å². The van der Waals surface area contributed by atoms with Gasteiger partial charge in [-0.3, -0.25) is 4.79 Å². The number of nitrogens with zero attached hydrogens (tertiary/aromatic N) is 1. The highest BCUT2D eigenvalue weighted by molar-refractivity contribution is 5.94. The smallest absolute Gasteiger partial charge is 0.253 e. The molecule has 0 aliphatic carbocycles. The minimum Gasteiger partial charge on any atom is -0.338 e. The highest BCUT2D eigenvalue weighted by Crippen LogP contribution is 2.36. The van der Waals surface area contributed by atoms with Gasteiger partial charge in [-0.25, -0.2) is 0 Å². The van der Waals surface area contributed by atoms with E-state index in [1.165, 1.54) is 12.0 Å². The molecule has 3 nitrogen and oxygen atoms in total. The van der Waals surface area contributed by atoms with Gasteiger partial charge in [-0.15, -0.1) is 0 Å². The number of likely N-dealkylation sites (tertiary alicyclic amines) is 1. The van der Waals surface area contributed by atoms with Crippen molar-refractivity contribution in [2.75, 3.05) is 26.2 Å². The van der Waals surface area contributed by atoms with E-state index < -0.39 is 0 Å². The maximum absolute atomic E-state index is 12.7. The number of benzene rings is 1. The molecule has 2 aliphatic rings. The van der Waals surface area contributed by atoms with Crippen LogP contribution in [0.25, 0.3) is 0 Å². The van der Waals surface area contributed by atoms with Gasteiger partial charge in [-0.1, -0.05) is 32.9 Å². The van der Waals surface area contributed by atoms with Crippen molar-refractivity contribution >= 4 is 5.91 Å². The molecule has 21 heavy (non-hydrogen) atoms. The summed E-state index contributed by atoms with van der Waals surface area (Å²) in [6, 6.07) is 8.16. The Balaban J connectivity index is 1.71. The van der Waals surface area contributed by atoms with Crippen LogP contribution >= 0.6 is 0 Å². The zero-order valence-corrected chi connectivity index (χ0v) is 13.4. The van der Waals surface area contributed by atoms with Gasteiger partial charge in [0.15, 0.2) is 0 Å². The van der Waals surface area contributed by atoms with Crippen molar-refractivity contribution in [3.8, 4) is 0 Å². The lowest BCUT2D eigenvalue weighted by atomic mass is 9.86. The van der Waals surface area contributed by atoms with Gasteiger partial charge in [-0.05, 0) is 42.5 Å². The molecule has 2 aliphatic heterocycles. The Morgan fingerprint density at radius 3 is 2.48 bits per heavy atom. The summed E-state index contributed by atoms with van der Waals surface area (Å²) < 4.78 is 0. The largest absolute Gasteiger partial charge is 0.338 e. The van der Waals surface area contributed by atoms with E-state index in [9.17, 15) is 4.79 Å². The van der Waals surface area contributed by atoms with Crippen LogP contribution in [-0.4, -0.2) is 37.0 Å². The SMILES string of the molecule is CC(C)(C)c1ccc(C(=O)N2CCC3(CCNC3)C2)cc1. The molecule has 1 spiro atoms. The molecule has 3 rings (SSSR count). The molecule has 0 bridgehead atoms. The molecule has 1 unspecified atom stereocenters. The first kappa shape index (κ1) is 14.6. The number of hydrogen-bond acceptors (Lipinski definition) is 2. The molecule has 3 heteroatoms. The quantitative estimate of drug-likeness (QED) is 0.861. The third-order valence-electron chi connectivity index (χ3n) is 5.06. The number of rotatable bonds is 1. The summed E-state index contributed by atoms with van der Waals surface area (Å²) in [5, 5.41) is 3.44. The van der Waals surface area contributed by atoms with Crippen LogP contribution in [0.15, 0.2) is 24.3 Å². The predicted molar refractivity (Wildman–Crippen MR) is 85.6 cm³/mol. The first-order valence-electron chi connectivity index (χ1n) is 8.00. The Hall–Kier alpha value is -1.35. The average molecular weight is 286 g/mol. The first-order valence-corrected chi connectivity index (χ1v) is 8.00. The zero-order valence-electron chi connectivity index (χ0n) is 13.4. The molecule has 1 amide bonds. The maximum Gasteiger partial charge on any atom is 0.253 e. The van der Waals surface area contributed by atoms with Crippen molar-refractivity contribution in [3.63, 3.8) is 0 Å². The van der Waals surface area contributed by atoms with Gasteiger partial charge in [-0.2, -0.15) is 0 Å². The first-order chi connectivity index (χ1) is 9.90. The van der Waals surface area contributed by atoms with Crippen LogP contribution in [0.3, 0.4) is 0 Å². The summed E-state index contributed by atoms with van der Waals surface area (Å²) >= 11 is 0. The van der Waals surface area contributed by atoms with E-state index in [0.717, 1.165) is 38.2 Å². The number of carbonyl (C=O) groups excluding carboxylic acids is 1. The van der Waals surface area contributed by atoms with E-state index in [1.807, 2.05) is 17.0 Å². The topological polar surface area (TPSA) is 32.3 Å².